The van der Waals surface area contributed by atoms with Crippen LogP contribution in [0.4, 0.5) is 11.4 Å². The van der Waals surface area contributed by atoms with E-state index in [0.717, 1.165) is 0 Å². The van der Waals surface area contributed by atoms with Gasteiger partial charge in [-0.05, 0) is 67.6 Å². The first-order chi connectivity index (χ1) is 13.5. The number of hydrogen-bond donors (Lipinski definition) is 2. The van der Waals surface area contributed by atoms with Crippen LogP contribution < -0.4 is 15.4 Å². The standard InChI is InChI=1S/C22H18N2O4/c1-15(25)16-7-9-17(10-8-16)23-21(26)22(27)24-18-11-13-20(14-12-18)28-19-5-3-2-4-6-19/h2-14H,1H3,(H,23,26)(H,24,27). The molecule has 0 heterocycles. The number of ketones is 1. The Balaban J connectivity index is 1.56. The van der Waals surface area contributed by atoms with Crippen molar-refractivity contribution in [2.45, 2.75) is 6.92 Å². The second-order valence-corrected chi connectivity index (χ2v) is 5.98. The van der Waals surface area contributed by atoms with Gasteiger partial charge in [-0.2, -0.15) is 0 Å². The third kappa shape index (κ3) is 5.04. The Labute approximate surface area is 162 Å². The molecule has 2 N–H and O–H groups in total. The van der Waals surface area contributed by atoms with Gasteiger partial charge < -0.3 is 15.4 Å². The average molecular weight is 374 g/mol. The molecule has 2 amide bonds. The van der Waals surface area contributed by atoms with Crippen molar-refractivity contribution < 1.29 is 19.1 Å². The van der Waals surface area contributed by atoms with Gasteiger partial charge in [0.25, 0.3) is 0 Å². The Hall–Kier alpha value is -3.93. The molecule has 0 radical (unpaired) electrons. The van der Waals surface area contributed by atoms with Gasteiger partial charge in [0.2, 0.25) is 0 Å². The zero-order valence-electron chi connectivity index (χ0n) is 15.1. The molecule has 28 heavy (non-hydrogen) atoms. The predicted octanol–water partition coefficient (Wildman–Crippen LogP) is 4.26. The van der Waals surface area contributed by atoms with Crippen LogP contribution in [-0.4, -0.2) is 17.6 Å². The Kier molecular flexibility index (Phi) is 5.81. The van der Waals surface area contributed by atoms with E-state index in [0.29, 0.717) is 28.4 Å². The molecule has 0 aliphatic carbocycles. The molecule has 0 saturated heterocycles. The summed E-state index contributed by atoms with van der Waals surface area (Å²) in [4.78, 5) is 35.3. The summed E-state index contributed by atoms with van der Waals surface area (Å²) in [6.45, 7) is 1.46. The van der Waals surface area contributed by atoms with Gasteiger partial charge >= 0.3 is 11.8 Å². The zero-order chi connectivity index (χ0) is 19.9. The van der Waals surface area contributed by atoms with Crippen molar-refractivity contribution >= 4 is 29.0 Å². The van der Waals surface area contributed by atoms with Gasteiger partial charge in [-0.25, -0.2) is 0 Å². The molecule has 6 nitrogen and oxygen atoms in total. The maximum Gasteiger partial charge on any atom is 0.314 e. The maximum atomic E-state index is 12.1. The number of anilines is 2. The molecule has 0 bridgehead atoms. The van der Waals surface area contributed by atoms with E-state index < -0.39 is 11.8 Å². The molecule has 0 unspecified atom stereocenters. The van der Waals surface area contributed by atoms with E-state index in [9.17, 15) is 14.4 Å². The van der Waals surface area contributed by atoms with E-state index >= 15 is 0 Å². The van der Waals surface area contributed by atoms with Gasteiger partial charge in [0.15, 0.2) is 5.78 Å². The monoisotopic (exact) mass is 374 g/mol. The molecule has 0 spiro atoms. The van der Waals surface area contributed by atoms with Crippen molar-refractivity contribution in [3.8, 4) is 11.5 Å². The van der Waals surface area contributed by atoms with E-state index in [1.807, 2.05) is 30.3 Å². The van der Waals surface area contributed by atoms with Crippen LogP contribution in [0.3, 0.4) is 0 Å². The quantitative estimate of drug-likeness (QED) is 0.516. The van der Waals surface area contributed by atoms with Gasteiger partial charge in [-0.1, -0.05) is 18.2 Å². The van der Waals surface area contributed by atoms with Gasteiger partial charge in [0.05, 0.1) is 0 Å². The number of hydrogen-bond acceptors (Lipinski definition) is 4. The van der Waals surface area contributed by atoms with Crippen LogP contribution in [0.15, 0.2) is 78.9 Å². The third-order valence-electron chi connectivity index (χ3n) is 3.85. The lowest BCUT2D eigenvalue weighted by Gasteiger charge is -2.09. The smallest absolute Gasteiger partial charge is 0.314 e. The number of amides is 2. The minimum Gasteiger partial charge on any atom is -0.457 e. The third-order valence-corrected chi connectivity index (χ3v) is 3.85. The summed E-state index contributed by atoms with van der Waals surface area (Å²) in [5, 5.41) is 5.01. The van der Waals surface area contributed by atoms with Crippen LogP contribution in [0.1, 0.15) is 17.3 Å². The first-order valence-corrected chi connectivity index (χ1v) is 8.57. The minimum atomic E-state index is -0.805. The van der Waals surface area contributed by atoms with E-state index in [-0.39, 0.29) is 5.78 Å². The largest absolute Gasteiger partial charge is 0.457 e. The minimum absolute atomic E-state index is 0.0738. The summed E-state index contributed by atoms with van der Waals surface area (Å²) >= 11 is 0. The van der Waals surface area contributed by atoms with E-state index in [1.165, 1.54) is 6.92 Å². The molecule has 0 atom stereocenters. The summed E-state index contributed by atoms with van der Waals surface area (Å²) in [6.07, 6.45) is 0. The van der Waals surface area contributed by atoms with Gasteiger partial charge in [-0.15, -0.1) is 0 Å². The molecule has 3 aromatic carbocycles. The van der Waals surface area contributed by atoms with E-state index in [1.54, 1.807) is 48.5 Å². The number of benzene rings is 3. The molecule has 0 aliphatic heterocycles. The molecule has 0 aliphatic rings. The summed E-state index contributed by atoms with van der Waals surface area (Å²) in [5.41, 5.74) is 1.42. The Bertz CT molecular complexity index is 981. The van der Waals surface area contributed by atoms with Crippen molar-refractivity contribution in [3.63, 3.8) is 0 Å². The van der Waals surface area contributed by atoms with Gasteiger partial charge in [0.1, 0.15) is 11.5 Å². The highest BCUT2D eigenvalue weighted by atomic mass is 16.5. The van der Waals surface area contributed by atoms with Crippen LogP contribution in [-0.2, 0) is 9.59 Å². The van der Waals surface area contributed by atoms with E-state index in [2.05, 4.69) is 10.6 Å². The van der Waals surface area contributed by atoms with Crippen molar-refractivity contribution in [3.05, 3.63) is 84.4 Å². The molecule has 0 aromatic heterocycles. The second kappa shape index (κ2) is 8.64. The highest BCUT2D eigenvalue weighted by Gasteiger charge is 2.14. The molecule has 3 rings (SSSR count). The summed E-state index contributed by atoms with van der Waals surface area (Å²) in [7, 11) is 0. The number of carbonyl (C=O) groups excluding carboxylic acids is 3. The van der Waals surface area contributed by atoms with Crippen molar-refractivity contribution in [2.24, 2.45) is 0 Å². The molecular weight excluding hydrogens is 356 g/mol. The molecule has 0 saturated carbocycles. The lowest BCUT2D eigenvalue weighted by atomic mass is 10.1. The Morgan fingerprint density at radius 1 is 0.643 bits per heavy atom. The molecule has 6 heteroatoms. The number of ether oxygens (including phenoxy) is 1. The zero-order valence-corrected chi connectivity index (χ0v) is 15.1. The fourth-order valence-electron chi connectivity index (χ4n) is 2.39. The average Bonchev–Trinajstić information content (AvgIpc) is 2.70. The SMILES string of the molecule is CC(=O)c1ccc(NC(=O)C(=O)Nc2ccc(Oc3ccccc3)cc2)cc1. The number of Topliss-reactive ketones (excluding diaryl/α,β-unsaturated/α-hetero) is 1. The topological polar surface area (TPSA) is 84.5 Å². The van der Waals surface area contributed by atoms with Crippen molar-refractivity contribution in [1.29, 1.82) is 0 Å². The molecule has 140 valence electrons. The Morgan fingerprint density at radius 2 is 1.11 bits per heavy atom. The number of para-hydroxylation sites is 1. The second-order valence-electron chi connectivity index (χ2n) is 5.98. The highest BCUT2D eigenvalue weighted by molar-refractivity contribution is 6.43. The summed E-state index contributed by atoms with van der Waals surface area (Å²) in [6, 6.07) is 22.3. The number of carbonyl (C=O) groups is 3. The van der Waals surface area contributed by atoms with Gasteiger partial charge in [-0.3, -0.25) is 14.4 Å². The lowest BCUT2D eigenvalue weighted by molar-refractivity contribution is -0.132. The van der Waals surface area contributed by atoms with Gasteiger partial charge in [0, 0.05) is 16.9 Å². The van der Waals surface area contributed by atoms with Crippen molar-refractivity contribution in [2.75, 3.05) is 10.6 Å². The highest BCUT2D eigenvalue weighted by Crippen LogP contribution is 2.22. The van der Waals surface area contributed by atoms with Crippen LogP contribution in [0.2, 0.25) is 0 Å². The molecular formula is C22H18N2O4. The first-order valence-electron chi connectivity index (χ1n) is 8.57. The number of nitrogens with one attached hydrogen (secondary N) is 2. The fourth-order valence-corrected chi connectivity index (χ4v) is 2.39. The fraction of sp³-hybridized carbons (Fsp3) is 0.0455. The predicted molar refractivity (Wildman–Crippen MR) is 107 cm³/mol. The summed E-state index contributed by atoms with van der Waals surface area (Å²) < 4.78 is 5.68. The molecule has 3 aromatic rings. The molecule has 0 fully saturated rings. The lowest BCUT2D eigenvalue weighted by Crippen LogP contribution is -2.29. The van der Waals surface area contributed by atoms with E-state index in [4.69, 9.17) is 4.74 Å². The van der Waals surface area contributed by atoms with Crippen LogP contribution in [0, 0.1) is 0 Å². The number of rotatable bonds is 5. The maximum absolute atomic E-state index is 12.1. The normalized spacial score (nSPS) is 10.0. The van der Waals surface area contributed by atoms with Crippen LogP contribution in [0.25, 0.3) is 0 Å². The van der Waals surface area contributed by atoms with Crippen LogP contribution >= 0.6 is 0 Å². The first kappa shape index (κ1) is 18.8. The summed E-state index contributed by atoms with van der Waals surface area (Å²) in [5.74, 6) is -0.364. The van der Waals surface area contributed by atoms with Crippen LogP contribution in [0.5, 0.6) is 11.5 Å². The Morgan fingerprint density at radius 3 is 1.61 bits per heavy atom. The van der Waals surface area contributed by atoms with Crippen molar-refractivity contribution in [1.82, 2.24) is 0 Å².